The second-order valence-corrected chi connectivity index (χ2v) is 6.98. The number of benzene rings is 1. The van der Waals surface area contributed by atoms with Crippen LogP contribution < -0.4 is 5.32 Å². The molecular formula is C19H26N4O. The van der Waals surface area contributed by atoms with Crippen molar-refractivity contribution >= 4 is 5.91 Å². The highest BCUT2D eigenvalue weighted by Gasteiger charge is 2.36. The van der Waals surface area contributed by atoms with Crippen LogP contribution >= 0.6 is 0 Å². The summed E-state index contributed by atoms with van der Waals surface area (Å²) in [7, 11) is 1.86. The molecule has 1 amide bonds. The zero-order valence-electron chi connectivity index (χ0n) is 14.5. The van der Waals surface area contributed by atoms with Crippen LogP contribution in [0, 0.1) is 0 Å². The normalized spacial score (nSPS) is 21.1. The van der Waals surface area contributed by atoms with Gasteiger partial charge in [-0.1, -0.05) is 30.3 Å². The van der Waals surface area contributed by atoms with Crippen molar-refractivity contribution < 1.29 is 4.79 Å². The molecule has 1 aromatic carbocycles. The minimum Gasteiger partial charge on any atom is -0.354 e. The summed E-state index contributed by atoms with van der Waals surface area (Å²) in [6.07, 6.45) is 6.33. The van der Waals surface area contributed by atoms with Gasteiger partial charge in [0.05, 0.1) is 12.6 Å². The second-order valence-electron chi connectivity index (χ2n) is 6.98. The molecule has 1 aromatic heterocycles. The van der Waals surface area contributed by atoms with Gasteiger partial charge in [-0.05, 0) is 37.4 Å². The lowest BCUT2D eigenvalue weighted by atomic mass is 9.98. The van der Waals surface area contributed by atoms with Crippen LogP contribution in [0.1, 0.15) is 30.9 Å². The van der Waals surface area contributed by atoms with Crippen LogP contribution in [-0.4, -0.2) is 39.2 Å². The number of nitrogens with one attached hydrogen (secondary N) is 1. The average molecular weight is 326 g/mol. The summed E-state index contributed by atoms with van der Waals surface area (Å²) in [6.45, 7) is 4.98. The van der Waals surface area contributed by atoms with Crippen LogP contribution in [0.25, 0.3) is 0 Å². The van der Waals surface area contributed by atoms with Crippen molar-refractivity contribution in [2.45, 2.75) is 38.3 Å². The predicted molar refractivity (Wildman–Crippen MR) is 94.4 cm³/mol. The quantitative estimate of drug-likeness (QED) is 0.885. The highest BCUT2D eigenvalue weighted by atomic mass is 16.1. The van der Waals surface area contributed by atoms with Gasteiger partial charge in [-0.15, -0.1) is 0 Å². The van der Waals surface area contributed by atoms with Crippen LogP contribution in [0.15, 0.2) is 42.7 Å². The van der Waals surface area contributed by atoms with Crippen LogP contribution in [-0.2, 0) is 24.8 Å². The van der Waals surface area contributed by atoms with E-state index in [0.29, 0.717) is 13.0 Å². The van der Waals surface area contributed by atoms with E-state index >= 15 is 0 Å². The van der Waals surface area contributed by atoms with E-state index in [1.165, 1.54) is 12.0 Å². The molecule has 2 aromatic rings. The first-order valence-electron chi connectivity index (χ1n) is 8.58. The number of amides is 1. The topological polar surface area (TPSA) is 50.2 Å². The summed E-state index contributed by atoms with van der Waals surface area (Å²) in [5.74, 6) is 0.0655. The van der Waals surface area contributed by atoms with Crippen molar-refractivity contribution in [1.82, 2.24) is 20.0 Å². The van der Waals surface area contributed by atoms with Gasteiger partial charge < -0.3 is 5.32 Å². The summed E-state index contributed by atoms with van der Waals surface area (Å²) in [6, 6.07) is 10.5. The van der Waals surface area contributed by atoms with Crippen molar-refractivity contribution in [3.63, 3.8) is 0 Å². The summed E-state index contributed by atoms with van der Waals surface area (Å²) in [5.41, 5.74) is 2.31. The smallest absolute Gasteiger partial charge is 0.224 e. The average Bonchev–Trinajstić information content (AvgIpc) is 3.13. The molecule has 0 spiro atoms. The van der Waals surface area contributed by atoms with Gasteiger partial charge >= 0.3 is 0 Å². The van der Waals surface area contributed by atoms with Gasteiger partial charge in [-0.25, -0.2) is 0 Å². The summed E-state index contributed by atoms with van der Waals surface area (Å²) < 4.78 is 1.72. The largest absolute Gasteiger partial charge is 0.354 e. The third kappa shape index (κ3) is 4.03. The molecule has 0 radical (unpaired) electrons. The summed E-state index contributed by atoms with van der Waals surface area (Å²) in [5, 5.41) is 7.23. The van der Waals surface area contributed by atoms with E-state index in [4.69, 9.17) is 0 Å². The molecule has 5 nitrogen and oxygen atoms in total. The molecule has 1 atom stereocenters. The molecule has 1 aliphatic heterocycles. The fraction of sp³-hybridized carbons (Fsp3) is 0.474. The number of carbonyl (C=O) groups is 1. The van der Waals surface area contributed by atoms with Gasteiger partial charge in [0.25, 0.3) is 0 Å². The molecule has 1 aliphatic rings. The third-order valence-corrected chi connectivity index (χ3v) is 4.91. The summed E-state index contributed by atoms with van der Waals surface area (Å²) in [4.78, 5) is 14.7. The molecular weight excluding hydrogens is 300 g/mol. The molecule has 0 saturated carbocycles. The van der Waals surface area contributed by atoms with E-state index in [0.717, 1.165) is 25.1 Å². The fourth-order valence-electron chi connectivity index (χ4n) is 3.45. The van der Waals surface area contributed by atoms with Crippen molar-refractivity contribution in [3.05, 3.63) is 53.9 Å². The van der Waals surface area contributed by atoms with E-state index in [-0.39, 0.29) is 11.4 Å². The van der Waals surface area contributed by atoms with Gasteiger partial charge in [0.15, 0.2) is 0 Å². The third-order valence-electron chi connectivity index (χ3n) is 4.91. The Labute approximate surface area is 143 Å². The highest BCUT2D eigenvalue weighted by Crippen LogP contribution is 2.30. The van der Waals surface area contributed by atoms with Crippen molar-refractivity contribution in [1.29, 1.82) is 0 Å². The van der Waals surface area contributed by atoms with Crippen LogP contribution in [0.2, 0.25) is 0 Å². The standard InChI is InChI=1S/C19H26N4O/c1-19(15-20-18(24)11-17-12-21-22(2)13-17)9-6-10-23(19)14-16-7-4-3-5-8-16/h3-5,7-8,12-13H,6,9-11,14-15H2,1-2H3,(H,20,24). The second kappa shape index (κ2) is 7.18. The molecule has 0 bridgehead atoms. The van der Waals surface area contributed by atoms with Gasteiger partial charge in [-0.2, -0.15) is 5.10 Å². The Hall–Kier alpha value is -2.14. The lowest BCUT2D eigenvalue weighted by molar-refractivity contribution is -0.121. The minimum absolute atomic E-state index is 0.0282. The number of aryl methyl sites for hydroxylation is 1. The minimum atomic E-state index is 0.0282. The molecule has 1 N–H and O–H groups in total. The monoisotopic (exact) mass is 326 g/mol. The van der Waals surface area contributed by atoms with Gasteiger partial charge in [-0.3, -0.25) is 14.4 Å². The fourth-order valence-corrected chi connectivity index (χ4v) is 3.45. The molecule has 0 aliphatic carbocycles. The Morgan fingerprint density at radius 3 is 2.79 bits per heavy atom. The zero-order chi connectivity index (χ0) is 17.0. The first-order valence-corrected chi connectivity index (χ1v) is 8.58. The van der Waals surface area contributed by atoms with Crippen LogP contribution in [0.5, 0.6) is 0 Å². The van der Waals surface area contributed by atoms with E-state index in [9.17, 15) is 4.79 Å². The Morgan fingerprint density at radius 1 is 1.29 bits per heavy atom. The lowest BCUT2D eigenvalue weighted by Gasteiger charge is -2.35. The molecule has 3 rings (SSSR count). The Bertz CT molecular complexity index is 682. The van der Waals surface area contributed by atoms with Crippen LogP contribution in [0.3, 0.4) is 0 Å². The van der Waals surface area contributed by atoms with E-state index < -0.39 is 0 Å². The number of likely N-dealkylation sites (tertiary alicyclic amines) is 1. The molecule has 1 fully saturated rings. The SMILES string of the molecule is Cn1cc(CC(=O)NCC2(C)CCCN2Cc2ccccc2)cn1. The maximum absolute atomic E-state index is 12.2. The first kappa shape index (κ1) is 16.7. The molecule has 1 unspecified atom stereocenters. The molecule has 5 heteroatoms. The number of rotatable bonds is 6. The lowest BCUT2D eigenvalue weighted by Crippen LogP contribution is -2.49. The summed E-state index contributed by atoms with van der Waals surface area (Å²) >= 11 is 0. The Kier molecular flexibility index (Phi) is 5.00. The van der Waals surface area contributed by atoms with E-state index in [2.05, 4.69) is 46.5 Å². The maximum Gasteiger partial charge on any atom is 0.224 e. The van der Waals surface area contributed by atoms with Gasteiger partial charge in [0, 0.05) is 31.9 Å². The molecule has 2 heterocycles. The van der Waals surface area contributed by atoms with Gasteiger partial charge in [0.2, 0.25) is 5.91 Å². The Morgan fingerprint density at radius 2 is 2.08 bits per heavy atom. The maximum atomic E-state index is 12.2. The van der Waals surface area contributed by atoms with Crippen molar-refractivity contribution in [2.24, 2.45) is 7.05 Å². The number of hydrogen-bond acceptors (Lipinski definition) is 3. The predicted octanol–water partition coefficient (Wildman–Crippen LogP) is 2.13. The van der Waals surface area contributed by atoms with Crippen molar-refractivity contribution in [2.75, 3.05) is 13.1 Å². The number of carbonyl (C=O) groups excluding carboxylic acids is 1. The molecule has 24 heavy (non-hydrogen) atoms. The highest BCUT2D eigenvalue weighted by molar-refractivity contribution is 5.78. The van der Waals surface area contributed by atoms with Crippen LogP contribution in [0.4, 0.5) is 0 Å². The zero-order valence-corrected chi connectivity index (χ0v) is 14.5. The van der Waals surface area contributed by atoms with E-state index in [1.54, 1.807) is 10.9 Å². The van der Waals surface area contributed by atoms with Crippen molar-refractivity contribution in [3.8, 4) is 0 Å². The molecule has 1 saturated heterocycles. The van der Waals surface area contributed by atoms with E-state index in [1.807, 2.05) is 19.3 Å². The molecule has 128 valence electrons. The first-order chi connectivity index (χ1) is 11.5. The number of nitrogens with zero attached hydrogens (tertiary/aromatic N) is 3. The van der Waals surface area contributed by atoms with Gasteiger partial charge in [0.1, 0.15) is 0 Å². The Balaban J connectivity index is 1.55. The number of aromatic nitrogens is 2. The number of hydrogen-bond donors (Lipinski definition) is 1.